The van der Waals surface area contributed by atoms with Gasteiger partial charge in [-0.05, 0) is 51.4 Å². The zero-order valence-electron chi connectivity index (χ0n) is 13.4. The van der Waals surface area contributed by atoms with Gasteiger partial charge in [0.2, 0.25) is 0 Å². The van der Waals surface area contributed by atoms with Crippen LogP contribution in [0.5, 0.6) is 0 Å². The van der Waals surface area contributed by atoms with E-state index in [0.29, 0.717) is 5.47 Å². The molecule has 0 saturated carbocycles. The lowest BCUT2D eigenvalue weighted by Crippen LogP contribution is -2.41. The third-order valence-electron chi connectivity index (χ3n) is 4.19. The summed E-state index contributed by atoms with van der Waals surface area (Å²) in [7, 11) is -0.769. The van der Waals surface area contributed by atoms with Gasteiger partial charge in [0.1, 0.15) is 0 Å². The van der Waals surface area contributed by atoms with E-state index in [2.05, 4.69) is 4.98 Å². The number of hydrogen-bond acceptors (Lipinski definition) is 4. The molecule has 2 heterocycles. The maximum absolute atomic E-state index is 12.5. The lowest BCUT2D eigenvalue weighted by atomic mass is 9.78. The van der Waals surface area contributed by atoms with Gasteiger partial charge in [-0.2, -0.15) is 13.2 Å². The van der Waals surface area contributed by atoms with Gasteiger partial charge in [0.05, 0.1) is 29.1 Å². The molecule has 1 fully saturated rings. The van der Waals surface area contributed by atoms with Gasteiger partial charge in [0.15, 0.2) is 0 Å². The Morgan fingerprint density at radius 2 is 1.78 bits per heavy atom. The van der Waals surface area contributed by atoms with Crippen LogP contribution < -0.4 is 0 Å². The van der Waals surface area contributed by atoms with Crippen molar-refractivity contribution in [3.8, 4) is 0 Å². The predicted octanol–water partition coefficient (Wildman–Crippen LogP) is 3.11. The molecule has 0 aliphatic carbocycles. The largest absolute Gasteiger partial charge is 0.492 e. The van der Waals surface area contributed by atoms with Crippen molar-refractivity contribution in [3.05, 3.63) is 35.1 Å². The molecular weight excluding hydrogens is 310 g/mol. The summed E-state index contributed by atoms with van der Waals surface area (Å²) < 4.78 is 49.2. The Morgan fingerprint density at radius 3 is 2.17 bits per heavy atom. The van der Waals surface area contributed by atoms with E-state index < -0.39 is 30.1 Å². The second-order valence-electron chi connectivity index (χ2n) is 6.44. The zero-order valence-corrected chi connectivity index (χ0v) is 13.4. The lowest BCUT2D eigenvalue weighted by Gasteiger charge is -2.32. The molecule has 0 atom stereocenters. The van der Waals surface area contributed by atoms with Crippen LogP contribution in [0.25, 0.3) is 6.08 Å². The summed E-state index contributed by atoms with van der Waals surface area (Å²) in [5.74, 6) is 0. The molecule has 1 aromatic rings. The van der Waals surface area contributed by atoms with E-state index in [-0.39, 0.29) is 12.3 Å². The van der Waals surface area contributed by atoms with E-state index in [1.54, 1.807) is 0 Å². The Hall–Kier alpha value is -1.38. The van der Waals surface area contributed by atoms with E-state index in [1.807, 2.05) is 27.7 Å². The van der Waals surface area contributed by atoms with Crippen molar-refractivity contribution in [2.24, 2.45) is 0 Å². The predicted molar refractivity (Wildman–Crippen MR) is 80.4 cm³/mol. The molecule has 1 aliphatic heterocycles. The van der Waals surface area contributed by atoms with Crippen molar-refractivity contribution in [3.63, 3.8) is 0 Å². The van der Waals surface area contributed by atoms with Gasteiger partial charge in [-0.1, -0.05) is 0 Å². The maximum Gasteiger partial charge on any atom is 0.492 e. The third-order valence-corrected chi connectivity index (χ3v) is 4.19. The standard InChI is InChI=1S/C15H19BF3NO3/c1-13(2)14(3,4)23-16(22-13)11(9-21)7-12-6-5-10(8-20-12)15(17,18)19/h5-8,21H,9H2,1-4H3. The van der Waals surface area contributed by atoms with Gasteiger partial charge in [0.25, 0.3) is 0 Å². The van der Waals surface area contributed by atoms with Crippen molar-refractivity contribution in [2.75, 3.05) is 6.61 Å². The van der Waals surface area contributed by atoms with E-state index >= 15 is 0 Å². The minimum Gasteiger partial charge on any atom is -0.400 e. The van der Waals surface area contributed by atoms with Crippen LogP contribution in [0.4, 0.5) is 13.2 Å². The first-order valence-electron chi connectivity index (χ1n) is 7.16. The Morgan fingerprint density at radius 1 is 1.22 bits per heavy atom. The SMILES string of the molecule is CC1(C)OB(C(=Cc2ccc(C(F)(F)F)cn2)CO)OC1(C)C. The highest BCUT2D eigenvalue weighted by Crippen LogP contribution is 2.38. The number of aliphatic hydroxyl groups excluding tert-OH is 1. The van der Waals surface area contributed by atoms with Crippen LogP contribution in [0.15, 0.2) is 23.8 Å². The van der Waals surface area contributed by atoms with Gasteiger partial charge >= 0.3 is 13.3 Å². The van der Waals surface area contributed by atoms with Crippen LogP contribution in [0.3, 0.4) is 0 Å². The molecule has 0 spiro atoms. The number of nitrogens with zero attached hydrogens (tertiary/aromatic N) is 1. The molecule has 0 radical (unpaired) electrons. The highest BCUT2D eigenvalue weighted by Gasteiger charge is 2.52. The van der Waals surface area contributed by atoms with Crippen LogP contribution in [-0.4, -0.2) is 35.0 Å². The number of alkyl halides is 3. The molecule has 1 saturated heterocycles. The Bertz CT molecular complexity index is 581. The molecular formula is C15H19BF3NO3. The second-order valence-corrected chi connectivity index (χ2v) is 6.44. The topological polar surface area (TPSA) is 51.6 Å². The highest BCUT2D eigenvalue weighted by atomic mass is 19.4. The van der Waals surface area contributed by atoms with Crippen LogP contribution in [0.2, 0.25) is 0 Å². The number of halogens is 3. The molecule has 4 nitrogen and oxygen atoms in total. The van der Waals surface area contributed by atoms with Crippen LogP contribution in [0.1, 0.15) is 39.0 Å². The molecule has 2 rings (SSSR count). The first kappa shape index (κ1) is 18.0. The molecule has 0 aromatic carbocycles. The Labute approximate surface area is 133 Å². The van der Waals surface area contributed by atoms with Gasteiger partial charge in [-0.3, -0.25) is 4.98 Å². The minimum absolute atomic E-state index is 0.289. The summed E-state index contributed by atoms with van der Waals surface area (Å²) >= 11 is 0. The van der Waals surface area contributed by atoms with Gasteiger partial charge in [0, 0.05) is 6.20 Å². The molecule has 1 N–H and O–H groups in total. The second kappa shape index (κ2) is 5.92. The first-order valence-corrected chi connectivity index (χ1v) is 7.16. The number of aliphatic hydroxyl groups is 1. The Kier molecular flexibility index (Phi) is 4.63. The first-order chi connectivity index (χ1) is 10.5. The van der Waals surface area contributed by atoms with E-state index in [4.69, 9.17) is 9.31 Å². The highest BCUT2D eigenvalue weighted by molar-refractivity contribution is 6.55. The lowest BCUT2D eigenvalue weighted by molar-refractivity contribution is -0.137. The summed E-state index contributed by atoms with van der Waals surface area (Å²) in [4.78, 5) is 3.76. The average molecular weight is 329 g/mol. The molecule has 1 aliphatic rings. The quantitative estimate of drug-likeness (QED) is 0.866. The summed E-state index contributed by atoms with van der Waals surface area (Å²) in [6.45, 7) is 7.15. The number of hydrogen-bond donors (Lipinski definition) is 1. The smallest absolute Gasteiger partial charge is 0.400 e. The van der Waals surface area contributed by atoms with Crippen molar-refractivity contribution < 1.29 is 27.6 Å². The van der Waals surface area contributed by atoms with Crippen molar-refractivity contribution >= 4 is 13.2 Å². The number of pyridine rings is 1. The molecule has 0 amide bonds. The molecule has 0 unspecified atom stereocenters. The minimum atomic E-state index is -4.43. The summed E-state index contributed by atoms with van der Waals surface area (Å²) in [6.07, 6.45) is -2.20. The van der Waals surface area contributed by atoms with Gasteiger partial charge < -0.3 is 14.4 Å². The summed E-state index contributed by atoms with van der Waals surface area (Å²) in [5.41, 5.74) is -1.28. The van der Waals surface area contributed by atoms with Crippen molar-refractivity contribution in [1.82, 2.24) is 4.98 Å². The van der Waals surface area contributed by atoms with Crippen molar-refractivity contribution in [2.45, 2.75) is 45.1 Å². The number of aromatic nitrogens is 1. The van der Waals surface area contributed by atoms with E-state index in [0.717, 1.165) is 12.3 Å². The third kappa shape index (κ3) is 3.76. The summed E-state index contributed by atoms with van der Waals surface area (Å²) in [5, 5.41) is 9.54. The van der Waals surface area contributed by atoms with Crippen LogP contribution in [-0.2, 0) is 15.5 Å². The molecule has 23 heavy (non-hydrogen) atoms. The zero-order chi connectivity index (χ0) is 17.5. The fourth-order valence-electron chi connectivity index (χ4n) is 2.03. The Balaban J connectivity index is 2.23. The number of rotatable bonds is 3. The fourth-order valence-corrected chi connectivity index (χ4v) is 2.03. The molecule has 126 valence electrons. The maximum atomic E-state index is 12.5. The van der Waals surface area contributed by atoms with E-state index in [9.17, 15) is 18.3 Å². The van der Waals surface area contributed by atoms with Gasteiger partial charge in [-0.25, -0.2) is 0 Å². The van der Waals surface area contributed by atoms with E-state index in [1.165, 1.54) is 12.1 Å². The molecule has 1 aromatic heterocycles. The average Bonchev–Trinajstić information content (AvgIpc) is 2.64. The molecule has 0 bridgehead atoms. The van der Waals surface area contributed by atoms with Crippen molar-refractivity contribution in [1.29, 1.82) is 0 Å². The normalized spacial score (nSPS) is 20.9. The fraction of sp³-hybridized carbons (Fsp3) is 0.533. The van der Waals surface area contributed by atoms with Crippen LogP contribution >= 0.6 is 0 Å². The molecule has 8 heteroatoms. The van der Waals surface area contributed by atoms with Gasteiger partial charge in [-0.15, -0.1) is 0 Å². The van der Waals surface area contributed by atoms with Crippen LogP contribution in [0, 0.1) is 0 Å². The monoisotopic (exact) mass is 329 g/mol. The summed E-state index contributed by atoms with van der Waals surface area (Å²) in [6, 6.07) is 2.18.